The number of hydrogen-bond donors (Lipinski definition) is 3. The second-order valence-electron chi connectivity index (χ2n) is 7.61. The van der Waals surface area contributed by atoms with Crippen LogP contribution in [-0.4, -0.2) is 52.6 Å². The summed E-state index contributed by atoms with van der Waals surface area (Å²) in [6.45, 7) is 2.13. The molecule has 0 radical (unpaired) electrons. The van der Waals surface area contributed by atoms with Gasteiger partial charge in [-0.05, 0) is 24.1 Å². The molecular formula is C20H19N5O5. The molecular weight excluding hydrogens is 390 g/mol. The van der Waals surface area contributed by atoms with Crippen LogP contribution in [0.25, 0.3) is 0 Å². The molecule has 10 nitrogen and oxygen atoms in total. The van der Waals surface area contributed by atoms with Gasteiger partial charge in [0.15, 0.2) is 0 Å². The van der Waals surface area contributed by atoms with Crippen LogP contribution in [0.2, 0.25) is 0 Å². The lowest BCUT2D eigenvalue weighted by Gasteiger charge is -2.27. The van der Waals surface area contributed by atoms with Gasteiger partial charge in [-0.2, -0.15) is 4.98 Å². The fourth-order valence-corrected chi connectivity index (χ4v) is 3.86. The third kappa shape index (κ3) is 3.05. The van der Waals surface area contributed by atoms with Crippen LogP contribution in [0.3, 0.4) is 0 Å². The number of oxazole rings is 1. The Hall–Kier alpha value is -3.53. The number of imide groups is 2. The molecule has 0 spiro atoms. The van der Waals surface area contributed by atoms with Gasteiger partial charge < -0.3 is 15.1 Å². The smallest absolute Gasteiger partial charge is 0.295 e. The second kappa shape index (κ2) is 7.06. The number of amides is 4. The van der Waals surface area contributed by atoms with E-state index in [1.54, 1.807) is 24.5 Å². The van der Waals surface area contributed by atoms with Crippen molar-refractivity contribution in [2.45, 2.75) is 31.3 Å². The third-order valence-corrected chi connectivity index (χ3v) is 5.67. The standard InChI is InChI=1S/C20H19N5O5/c26-16-4-3-15(17(27)24-16)25-18(28)12-2-1-10(5-13(12)19(25)29)6-22-20-23-14(9-30-20)11-7-21-8-11/h1-2,5,9,11,15,21H,3-4,6-8H2,(H,22,23)(H,24,26,27). The molecule has 0 saturated carbocycles. The lowest BCUT2D eigenvalue weighted by molar-refractivity contribution is -0.136. The van der Waals surface area contributed by atoms with Crippen molar-refractivity contribution in [3.8, 4) is 0 Å². The highest BCUT2D eigenvalue weighted by Gasteiger charge is 2.44. The van der Waals surface area contributed by atoms with E-state index in [1.165, 1.54) is 0 Å². The molecule has 0 bridgehead atoms. The van der Waals surface area contributed by atoms with E-state index in [2.05, 4.69) is 20.9 Å². The van der Waals surface area contributed by atoms with Crippen LogP contribution in [0.1, 0.15) is 50.7 Å². The van der Waals surface area contributed by atoms with Crippen LogP contribution in [0, 0.1) is 0 Å². The first-order valence-corrected chi connectivity index (χ1v) is 9.76. The summed E-state index contributed by atoms with van der Waals surface area (Å²) >= 11 is 0. The molecule has 1 aromatic carbocycles. The van der Waals surface area contributed by atoms with Gasteiger partial charge in [0.05, 0.1) is 16.8 Å². The third-order valence-electron chi connectivity index (χ3n) is 5.67. The van der Waals surface area contributed by atoms with Crippen LogP contribution in [0.15, 0.2) is 28.9 Å². The second-order valence-corrected chi connectivity index (χ2v) is 7.61. The fraction of sp³-hybridized carbons (Fsp3) is 0.350. The van der Waals surface area contributed by atoms with Gasteiger partial charge in [-0.3, -0.25) is 29.4 Å². The van der Waals surface area contributed by atoms with Gasteiger partial charge in [0.2, 0.25) is 11.8 Å². The van der Waals surface area contributed by atoms with Crippen molar-refractivity contribution in [1.82, 2.24) is 20.5 Å². The van der Waals surface area contributed by atoms with Gasteiger partial charge in [0.25, 0.3) is 17.8 Å². The predicted molar refractivity (Wildman–Crippen MR) is 103 cm³/mol. The zero-order valence-corrected chi connectivity index (χ0v) is 15.9. The molecule has 3 N–H and O–H groups in total. The van der Waals surface area contributed by atoms with Crippen molar-refractivity contribution in [2.24, 2.45) is 0 Å². The molecule has 1 aromatic heterocycles. The zero-order valence-electron chi connectivity index (χ0n) is 15.9. The van der Waals surface area contributed by atoms with Crippen molar-refractivity contribution < 1.29 is 23.6 Å². The van der Waals surface area contributed by atoms with Gasteiger partial charge >= 0.3 is 0 Å². The Morgan fingerprint density at radius 3 is 2.67 bits per heavy atom. The Morgan fingerprint density at radius 2 is 1.93 bits per heavy atom. The molecule has 2 fully saturated rings. The topological polar surface area (TPSA) is 134 Å². The molecule has 2 aromatic rings. The van der Waals surface area contributed by atoms with E-state index < -0.39 is 29.7 Å². The Labute approximate surface area is 171 Å². The minimum Gasteiger partial charge on any atom is -0.432 e. The van der Waals surface area contributed by atoms with Crippen molar-refractivity contribution in [2.75, 3.05) is 18.4 Å². The number of hydrogen-bond acceptors (Lipinski definition) is 8. The average molecular weight is 409 g/mol. The Morgan fingerprint density at radius 1 is 1.13 bits per heavy atom. The van der Waals surface area contributed by atoms with Crippen LogP contribution in [0.5, 0.6) is 0 Å². The Balaban J connectivity index is 1.30. The van der Waals surface area contributed by atoms with Crippen molar-refractivity contribution in [1.29, 1.82) is 0 Å². The van der Waals surface area contributed by atoms with E-state index in [4.69, 9.17) is 4.42 Å². The summed E-state index contributed by atoms with van der Waals surface area (Å²) in [4.78, 5) is 54.4. The van der Waals surface area contributed by atoms with E-state index >= 15 is 0 Å². The van der Waals surface area contributed by atoms with Gasteiger partial charge in [-0.25, -0.2) is 0 Å². The van der Waals surface area contributed by atoms with Crippen LogP contribution >= 0.6 is 0 Å². The maximum atomic E-state index is 12.9. The SMILES string of the molecule is O=C1CCC(N2C(=O)c3ccc(CNc4nc(C5CNC5)co4)cc3C2=O)C(=O)N1. The van der Waals surface area contributed by atoms with Gasteiger partial charge in [0.1, 0.15) is 12.3 Å². The maximum absolute atomic E-state index is 12.9. The van der Waals surface area contributed by atoms with Crippen LogP contribution in [0.4, 0.5) is 6.01 Å². The summed E-state index contributed by atoms with van der Waals surface area (Å²) in [7, 11) is 0. The van der Waals surface area contributed by atoms with E-state index in [9.17, 15) is 19.2 Å². The Bertz CT molecular complexity index is 1070. The average Bonchev–Trinajstić information content (AvgIpc) is 3.23. The molecule has 3 aliphatic rings. The highest BCUT2D eigenvalue weighted by Crippen LogP contribution is 2.28. The Kier molecular flexibility index (Phi) is 4.35. The van der Waals surface area contributed by atoms with Crippen molar-refractivity contribution >= 4 is 29.6 Å². The number of piperidine rings is 1. The van der Waals surface area contributed by atoms with E-state index in [0.29, 0.717) is 18.5 Å². The molecule has 3 aliphatic heterocycles. The number of rotatable bonds is 5. The molecule has 4 amide bonds. The van der Waals surface area contributed by atoms with E-state index in [0.717, 1.165) is 29.2 Å². The molecule has 30 heavy (non-hydrogen) atoms. The number of benzene rings is 1. The summed E-state index contributed by atoms with van der Waals surface area (Å²) in [5, 5.41) is 8.45. The number of nitrogens with zero attached hydrogens (tertiary/aromatic N) is 2. The first-order valence-electron chi connectivity index (χ1n) is 9.76. The minimum atomic E-state index is -0.969. The highest BCUT2D eigenvalue weighted by molar-refractivity contribution is 6.23. The first-order chi connectivity index (χ1) is 14.5. The van der Waals surface area contributed by atoms with Gasteiger partial charge in [-0.1, -0.05) is 6.07 Å². The van der Waals surface area contributed by atoms with Gasteiger partial charge in [0, 0.05) is 32.0 Å². The quantitative estimate of drug-likeness (QED) is 0.604. The molecule has 2 saturated heterocycles. The summed E-state index contributed by atoms with van der Waals surface area (Å²) in [5.74, 6) is -1.70. The van der Waals surface area contributed by atoms with Crippen LogP contribution in [-0.2, 0) is 16.1 Å². The molecule has 1 unspecified atom stereocenters. The number of fused-ring (bicyclic) bond motifs is 1. The summed E-state index contributed by atoms with van der Waals surface area (Å²) in [5.41, 5.74) is 2.16. The first kappa shape index (κ1) is 18.5. The monoisotopic (exact) mass is 409 g/mol. The van der Waals surface area contributed by atoms with Gasteiger partial charge in [-0.15, -0.1) is 0 Å². The minimum absolute atomic E-state index is 0.0913. The summed E-state index contributed by atoms with van der Waals surface area (Å²) < 4.78 is 5.44. The van der Waals surface area contributed by atoms with Crippen molar-refractivity contribution in [3.05, 3.63) is 46.8 Å². The van der Waals surface area contributed by atoms with Crippen LogP contribution < -0.4 is 16.0 Å². The number of carbonyl (C=O) groups excluding carboxylic acids is 4. The largest absolute Gasteiger partial charge is 0.432 e. The molecule has 10 heteroatoms. The zero-order chi connectivity index (χ0) is 20.8. The van der Waals surface area contributed by atoms with E-state index in [1.807, 2.05) is 0 Å². The fourth-order valence-electron chi connectivity index (χ4n) is 3.86. The maximum Gasteiger partial charge on any atom is 0.295 e. The normalized spacial score (nSPS) is 21.5. The lowest BCUT2D eigenvalue weighted by atomic mass is 10.0. The lowest BCUT2D eigenvalue weighted by Crippen LogP contribution is -2.54. The number of aromatic nitrogens is 1. The van der Waals surface area contributed by atoms with E-state index in [-0.39, 0.29) is 24.0 Å². The number of carbonyl (C=O) groups is 4. The van der Waals surface area contributed by atoms with Crippen molar-refractivity contribution in [3.63, 3.8) is 0 Å². The number of nitrogens with one attached hydrogen (secondary N) is 3. The summed E-state index contributed by atoms with van der Waals surface area (Å²) in [6, 6.07) is 4.38. The molecule has 154 valence electrons. The molecule has 0 aliphatic carbocycles. The molecule has 1 atom stereocenters. The number of anilines is 1. The predicted octanol–water partition coefficient (Wildman–Crippen LogP) is 0.375. The highest BCUT2D eigenvalue weighted by atomic mass is 16.4. The molecule has 4 heterocycles. The molecule has 5 rings (SSSR count). The summed E-state index contributed by atoms with van der Waals surface area (Å²) in [6.07, 6.45) is 1.86.